The third-order valence-electron chi connectivity index (χ3n) is 2.52. The second-order valence-electron chi connectivity index (χ2n) is 3.84. The van der Waals surface area contributed by atoms with Gasteiger partial charge in [-0.15, -0.1) is 0 Å². The summed E-state index contributed by atoms with van der Waals surface area (Å²) in [5, 5.41) is 0. The molecule has 0 saturated carbocycles. The van der Waals surface area contributed by atoms with Crippen molar-refractivity contribution in [3.05, 3.63) is 24.3 Å². The molecule has 6 heteroatoms. The lowest BCUT2D eigenvalue weighted by atomic mass is 10.2. The zero-order valence-corrected chi connectivity index (χ0v) is 10.7. The van der Waals surface area contributed by atoms with E-state index in [9.17, 15) is 8.42 Å². The summed E-state index contributed by atoms with van der Waals surface area (Å²) in [7, 11) is 1.56. The summed E-state index contributed by atoms with van der Waals surface area (Å²) < 4.78 is 33.6. The Morgan fingerprint density at radius 3 is 2.76 bits per heavy atom. The number of rotatable bonds is 3. The molecule has 0 spiro atoms. The van der Waals surface area contributed by atoms with Crippen LogP contribution in [0, 0.1) is 0 Å². The van der Waals surface area contributed by atoms with E-state index in [4.69, 9.17) is 20.2 Å². The second kappa shape index (κ2) is 5.25. The van der Waals surface area contributed by atoms with Crippen LogP contribution in [0.1, 0.15) is 12.8 Å². The Kier molecular flexibility index (Phi) is 3.91. The van der Waals surface area contributed by atoms with Gasteiger partial charge in [0, 0.05) is 17.3 Å². The van der Waals surface area contributed by atoms with E-state index >= 15 is 0 Å². The van der Waals surface area contributed by atoms with Crippen molar-refractivity contribution >= 4 is 19.7 Å². The number of halogens is 1. The normalized spacial score (nSPS) is 21.1. The molecular formula is C11H13ClO4S. The summed E-state index contributed by atoms with van der Waals surface area (Å²) in [6.45, 7) is 1.21. The van der Waals surface area contributed by atoms with E-state index in [0.717, 1.165) is 19.4 Å². The van der Waals surface area contributed by atoms with Gasteiger partial charge in [-0.05, 0) is 25.0 Å². The maximum absolute atomic E-state index is 11.3. The van der Waals surface area contributed by atoms with Crippen molar-refractivity contribution < 1.29 is 17.9 Å². The Balaban J connectivity index is 2.20. The number of hydrogen-bond acceptors (Lipinski definition) is 4. The molecule has 0 N–H and O–H groups in total. The first-order valence-electron chi connectivity index (χ1n) is 5.35. The predicted octanol–water partition coefficient (Wildman–Crippen LogP) is 2.17. The minimum absolute atomic E-state index is 0.00670. The van der Waals surface area contributed by atoms with Gasteiger partial charge < -0.3 is 9.47 Å². The molecule has 4 nitrogen and oxygen atoms in total. The van der Waals surface area contributed by atoms with E-state index < -0.39 is 9.05 Å². The van der Waals surface area contributed by atoms with E-state index in [1.807, 2.05) is 0 Å². The molecule has 0 bridgehead atoms. The third-order valence-corrected chi connectivity index (χ3v) is 3.89. The van der Waals surface area contributed by atoms with Gasteiger partial charge in [-0.25, -0.2) is 8.42 Å². The molecular weight excluding hydrogens is 264 g/mol. The number of para-hydroxylation sites is 1. The smallest absolute Gasteiger partial charge is 0.264 e. The van der Waals surface area contributed by atoms with Crippen LogP contribution in [-0.4, -0.2) is 27.7 Å². The largest absolute Gasteiger partial charge is 0.487 e. The second-order valence-corrected chi connectivity index (χ2v) is 6.38. The SMILES string of the molecule is O=S(=O)(Cl)c1ccccc1OC1CCCOC1. The Morgan fingerprint density at radius 1 is 1.35 bits per heavy atom. The topological polar surface area (TPSA) is 52.6 Å². The van der Waals surface area contributed by atoms with Crippen molar-refractivity contribution in [3.8, 4) is 5.75 Å². The fourth-order valence-corrected chi connectivity index (χ4v) is 2.71. The number of ether oxygens (including phenoxy) is 2. The molecule has 2 rings (SSSR count). The standard InChI is InChI=1S/C11H13ClO4S/c12-17(13,14)11-6-2-1-5-10(11)16-9-4-3-7-15-8-9/h1-2,5-6,9H,3-4,7-8H2. The Morgan fingerprint density at radius 2 is 2.12 bits per heavy atom. The van der Waals surface area contributed by atoms with Gasteiger partial charge in [0.15, 0.2) is 0 Å². The van der Waals surface area contributed by atoms with Crippen LogP contribution in [0.15, 0.2) is 29.2 Å². The van der Waals surface area contributed by atoms with Gasteiger partial charge in [0.2, 0.25) is 0 Å². The lowest BCUT2D eigenvalue weighted by Crippen LogP contribution is -2.28. The molecule has 1 atom stereocenters. The molecule has 17 heavy (non-hydrogen) atoms. The van der Waals surface area contributed by atoms with Gasteiger partial charge in [0.05, 0.1) is 6.61 Å². The average Bonchev–Trinajstić information content (AvgIpc) is 2.30. The fourth-order valence-electron chi connectivity index (χ4n) is 1.73. The summed E-state index contributed by atoms with van der Waals surface area (Å²) in [5.74, 6) is 0.290. The average molecular weight is 277 g/mol. The predicted molar refractivity (Wildman–Crippen MR) is 63.9 cm³/mol. The van der Waals surface area contributed by atoms with Crippen molar-refractivity contribution in [3.63, 3.8) is 0 Å². The first kappa shape index (κ1) is 12.7. The summed E-state index contributed by atoms with van der Waals surface area (Å²) in [4.78, 5) is 0.00670. The minimum atomic E-state index is -3.78. The van der Waals surface area contributed by atoms with Crippen LogP contribution in [0.25, 0.3) is 0 Å². The molecule has 0 aromatic heterocycles. The molecule has 0 aliphatic carbocycles. The van der Waals surface area contributed by atoms with Gasteiger partial charge in [0.25, 0.3) is 9.05 Å². The molecule has 1 aromatic rings. The van der Waals surface area contributed by atoms with Crippen molar-refractivity contribution in [2.45, 2.75) is 23.8 Å². The van der Waals surface area contributed by atoms with E-state index in [0.29, 0.717) is 6.61 Å². The highest BCUT2D eigenvalue weighted by molar-refractivity contribution is 8.13. The monoisotopic (exact) mass is 276 g/mol. The highest BCUT2D eigenvalue weighted by Gasteiger charge is 2.21. The van der Waals surface area contributed by atoms with Crippen molar-refractivity contribution in [1.29, 1.82) is 0 Å². The van der Waals surface area contributed by atoms with Crippen molar-refractivity contribution in [1.82, 2.24) is 0 Å². The van der Waals surface area contributed by atoms with Crippen LogP contribution >= 0.6 is 10.7 Å². The molecule has 1 aromatic carbocycles. The zero-order valence-electron chi connectivity index (χ0n) is 9.13. The quantitative estimate of drug-likeness (QED) is 0.794. The summed E-state index contributed by atoms with van der Waals surface area (Å²) in [6, 6.07) is 6.36. The first-order chi connectivity index (χ1) is 8.07. The summed E-state index contributed by atoms with van der Waals surface area (Å²) in [5.41, 5.74) is 0. The zero-order chi connectivity index (χ0) is 12.3. The Hall–Kier alpha value is -0.780. The van der Waals surface area contributed by atoms with E-state index in [2.05, 4.69) is 0 Å². The number of benzene rings is 1. The maximum atomic E-state index is 11.3. The fraction of sp³-hybridized carbons (Fsp3) is 0.455. The van der Waals surface area contributed by atoms with Crippen LogP contribution in [0.3, 0.4) is 0 Å². The maximum Gasteiger partial charge on any atom is 0.264 e. The van der Waals surface area contributed by atoms with Crippen molar-refractivity contribution in [2.75, 3.05) is 13.2 Å². The number of hydrogen-bond donors (Lipinski definition) is 0. The highest BCUT2D eigenvalue weighted by atomic mass is 35.7. The highest BCUT2D eigenvalue weighted by Crippen LogP contribution is 2.28. The van der Waals surface area contributed by atoms with Gasteiger partial charge in [-0.3, -0.25) is 0 Å². The lowest BCUT2D eigenvalue weighted by molar-refractivity contribution is 0.00622. The molecule has 1 fully saturated rings. The Labute approximate surface area is 105 Å². The van der Waals surface area contributed by atoms with Gasteiger partial charge in [-0.1, -0.05) is 12.1 Å². The first-order valence-corrected chi connectivity index (χ1v) is 7.66. The summed E-state index contributed by atoms with van der Waals surface area (Å²) >= 11 is 0. The van der Waals surface area contributed by atoms with Crippen molar-refractivity contribution in [2.24, 2.45) is 0 Å². The van der Waals surface area contributed by atoms with E-state index in [1.54, 1.807) is 18.2 Å². The molecule has 94 valence electrons. The molecule has 0 radical (unpaired) electrons. The van der Waals surface area contributed by atoms with Crippen LogP contribution in [0.2, 0.25) is 0 Å². The molecule has 1 unspecified atom stereocenters. The van der Waals surface area contributed by atoms with Crippen LogP contribution in [0.4, 0.5) is 0 Å². The molecule has 1 aliphatic heterocycles. The minimum Gasteiger partial charge on any atom is -0.487 e. The van der Waals surface area contributed by atoms with Gasteiger partial charge in [0.1, 0.15) is 16.7 Å². The molecule has 1 saturated heterocycles. The molecule has 1 heterocycles. The molecule has 0 amide bonds. The van der Waals surface area contributed by atoms with Gasteiger partial charge in [-0.2, -0.15) is 0 Å². The van der Waals surface area contributed by atoms with Gasteiger partial charge >= 0.3 is 0 Å². The third kappa shape index (κ3) is 3.34. The summed E-state index contributed by atoms with van der Waals surface area (Å²) in [6.07, 6.45) is 1.67. The molecule has 1 aliphatic rings. The van der Waals surface area contributed by atoms with Crippen LogP contribution < -0.4 is 4.74 Å². The lowest BCUT2D eigenvalue weighted by Gasteiger charge is -2.23. The Bertz CT molecular complexity index is 480. The van der Waals surface area contributed by atoms with Crippen LogP contribution in [0.5, 0.6) is 5.75 Å². The van der Waals surface area contributed by atoms with E-state index in [-0.39, 0.29) is 16.7 Å². The van der Waals surface area contributed by atoms with Crippen LogP contribution in [-0.2, 0) is 13.8 Å². The van der Waals surface area contributed by atoms with E-state index in [1.165, 1.54) is 6.07 Å².